The van der Waals surface area contributed by atoms with E-state index in [-0.39, 0.29) is 17.4 Å². The van der Waals surface area contributed by atoms with E-state index >= 15 is 0 Å². The van der Waals surface area contributed by atoms with Crippen LogP contribution in [0.5, 0.6) is 0 Å². The number of rotatable bonds is 6. The van der Waals surface area contributed by atoms with Crippen molar-refractivity contribution in [3.63, 3.8) is 0 Å². The molecule has 112 valence electrons. The Morgan fingerprint density at radius 2 is 2.05 bits per heavy atom. The normalized spacial score (nSPS) is 18.3. The Morgan fingerprint density at radius 1 is 1.35 bits per heavy atom. The molecule has 1 aliphatic rings. The third-order valence-electron chi connectivity index (χ3n) is 4.04. The van der Waals surface area contributed by atoms with Crippen LogP contribution in [0.4, 0.5) is 0 Å². The minimum Gasteiger partial charge on any atom is -0.391 e. The second-order valence-corrected chi connectivity index (χ2v) is 7.23. The predicted octanol–water partition coefficient (Wildman–Crippen LogP) is 2.08. The van der Waals surface area contributed by atoms with Gasteiger partial charge in [-0.05, 0) is 42.9 Å². The van der Waals surface area contributed by atoms with Crippen LogP contribution >= 0.6 is 0 Å². The van der Waals surface area contributed by atoms with Crippen molar-refractivity contribution in [1.82, 2.24) is 4.72 Å². The van der Waals surface area contributed by atoms with E-state index in [0.29, 0.717) is 0 Å². The van der Waals surface area contributed by atoms with Crippen LogP contribution in [0.25, 0.3) is 0 Å². The van der Waals surface area contributed by atoms with Crippen molar-refractivity contribution < 1.29 is 13.5 Å². The molecule has 1 unspecified atom stereocenters. The van der Waals surface area contributed by atoms with Crippen LogP contribution in [0.2, 0.25) is 0 Å². The van der Waals surface area contributed by atoms with E-state index in [9.17, 15) is 13.5 Å². The monoisotopic (exact) mass is 297 g/mol. The van der Waals surface area contributed by atoms with Gasteiger partial charge >= 0.3 is 0 Å². The highest BCUT2D eigenvalue weighted by Gasteiger charge is 2.25. The molecule has 20 heavy (non-hydrogen) atoms. The summed E-state index contributed by atoms with van der Waals surface area (Å²) >= 11 is 0. The maximum absolute atomic E-state index is 12.2. The lowest BCUT2D eigenvalue weighted by molar-refractivity contribution is 0.115. The Labute approximate surface area is 121 Å². The lowest BCUT2D eigenvalue weighted by Gasteiger charge is -2.18. The van der Waals surface area contributed by atoms with Crippen molar-refractivity contribution in [1.29, 1.82) is 0 Å². The highest BCUT2D eigenvalue weighted by Crippen LogP contribution is 2.27. The van der Waals surface area contributed by atoms with Gasteiger partial charge in [0.05, 0.1) is 11.0 Å². The summed E-state index contributed by atoms with van der Waals surface area (Å²) in [5.74, 6) is 0.236. The van der Waals surface area contributed by atoms with Crippen LogP contribution in [0.1, 0.15) is 38.2 Å². The number of aliphatic hydroxyl groups is 1. The van der Waals surface area contributed by atoms with Gasteiger partial charge in [0, 0.05) is 6.54 Å². The number of hydrogen-bond acceptors (Lipinski definition) is 3. The molecule has 0 radical (unpaired) electrons. The first kappa shape index (κ1) is 15.5. The summed E-state index contributed by atoms with van der Waals surface area (Å²) < 4.78 is 26.9. The molecule has 1 atom stereocenters. The second-order valence-electron chi connectivity index (χ2n) is 5.46. The summed E-state index contributed by atoms with van der Waals surface area (Å²) in [6.07, 6.45) is 4.47. The van der Waals surface area contributed by atoms with Gasteiger partial charge in [0.25, 0.3) is 0 Å². The van der Waals surface area contributed by atoms with Gasteiger partial charge in [0.15, 0.2) is 0 Å². The zero-order valence-electron chi connectivity index (χ0n) is 11.9. The van der Waals surface area contributed by atoms with Crippen molar-refractivity contribution in [2.75, 3.05) is 6.54 Å². The average molecular weight is 297 g/mol. The fourth-order valence-corrected chi connectivity index (χ4v) is 3.84. The number of hydrogen-bond donors (Lipinski definition) is 2. The Morgan fingerprint density at radius 3 is 2.70 bits per heavy atom. The molecule has 0 aliphatic heterocycles. The molecule has 1 saturated carbocycles. The molecule has 0 saturated heterocycles. The summed E-state index contributed by atoms with van der Waals surface area (Å²) in [6, 6.07) is 6.93. The molecule has 4 nitrogen and oxygen atoms in total. The summed E-state index contributed by atoms with van der Waals surface area (Å²) in [6.45, 7) is 2.09. The van der Waals surface area contributed by atoms with Gasteiger partial charge in [-0.3, -0.25) is 0 Å². The van der Waals surface area contributed by atoms with Crippen LogP contribution in [-0.2, 0) is 16.4 Å². The smallest absolute Gasteiger partial charge is 0.240 e. The molecule has 1 aromatic carbocycles. The van der Waals surface area contributed by atoms with Crippen molar-refractivity contribution >= 4 is 10.0 Å². The Kier molecular flexibility index (Phi) is 5.18. The fraction of sp³-hybridized carbons (Fsp3) is 0.600. The predicted molar refractivity (Wildman–Crippen MR) is 79.0 cm³/mol. The molecular formula is C15H23NO3S. The first-order chi connectivity index (χ1) is 9.53. The number of sulfonamides is 1. The lowest BCUT2D eigenvalue weighted by atomic mass is 10.0. The second kappa shape index (κ2) is 6.70. The maximum Gasteiger partial charge on any atom is 0.240 e. The summed E-state index contributed by atoms with van der Waals surface area (Å²) in [5.41, 5.74) is 0.990. The molecular weight excluding hydrogens is 274 g/mol. The fourth-order valence-electron chi connectivity index (χ4n) is 2.72. The number of aryl methyl sites for hydroxylation is 1. The molecule has 2 N–H and O–H groups in total. The van der Waals surface area contributed by atoms with Gasteiger partial charge in [-0.1, -0.05) is 31.9 Å². The summed E-state index contributed by atoms with van der Waals surface area (Å²) in [5, 5.41) is 10.0. The standard InChI is InChI=1S/C15H23NO3S/c1-2-12-6-5-9-14(10-12)20(18,19)16-11-15(17)13-7-3-4-8-13/h5-6,9-10,13,15-17H,2-4,7-8,11H2,1H3. The van der Waals surface area contributed by atoms with Gasteiger partial charge in [0.1, 0.15) is 0 Å². The molecule has 0 aromatic heterocycles. The van der Waals surface area contributed by atoms with E-state index in [1.165, 1.54) is 0 Å². The molecule has 1 aromatic rings. The van der Waals surface area contributed by atoms with Crippen molar-refractivity contribution in [3.8, 4) is 0 Å². The van der Waals surface area contributed by atoms with Crippen molar-refractivity contribution in [2.24, 2.45) is 5.92 Å². The highest BCUT2D eigenvalue weighted by atomic mass is 32.2. The van der Waals surface area contributed by atoms with E-state index < -0.39 is 16.1 Å². The Hall–Kier alpha value is -0.910. The molecule has 1 fully saturated rings. The molecule has 2 rings (SSSR count). The molecule has 1 aliphatic carbocycles. The Balaban J connectivity index is 1.99. The van der Waals surface area contributed by atoms with Gasteiger partial charge in [-0.2, -0.15) is 0 Å². The van der Waals surface area contributed by atoms with E-state index in [2.05, 4.69) is 4.72 Å². The van der Waals surface area contributed by atoms with Crippen molar-refractivity contribution in [2.45, 2.75) is 50.0 Å². The molecule has 0 spiro atoms. The lowest BCUT2D eigenvalue weighted by Crippen LogP contribution is -2.35. The number of nitrogens with one attached hydrogen (secondary N) is 1. The van der Waals surface area contributed by atoms with E-state index in [0.717, 1.165) is 37.7 Å². The average Bonchev–Trinajstić information content (AvgIpc) is 2.99. The van der Waals surface area contributed by atoms with Crippen LogP contribution < -0.4 is 4.72 Å². The van der Waals surface area contributed by atoms with Crippen molar-refractivity contribution in [3.05, 3.63) is 29.8 Å². The molecule has 5 heteroatoms. The number of aliphatic hydroxyl groups excluding tert-OH is 1. The first-order valence-electron chi connectivity index (χ1n) is 7.29. The quantitative estimate of drug-likeness (QED) is 0.845. The van der Waals surface area contributed by atoms with E-state index in [1.807, 2.05) is 13.0 Å². The van der Waals surface area contributed by atoms with Gasteiger partial charge in [-0.15, -0.1) is 0 Å². The molecule has 0 heterocycles. The topological polar surface area (TPSA) is 66.4 Å². The first-order valence-corrected chi connectivity index (χ1v) is 8.78. The minimum absolute atomic E-state index is 0.101. The summed E-state index contributed by atoms with van der Waals surface area (Å²) in [7, 11) is -3.53. The van der Waals surface area contributed by atoms with E-state index in [1.54, 1.807) is 18.2 Å². The largest absolute Gasteiger partial charge is 0.391 e. The van der Waals surface area contributed by atoms with Crippen LogP contribution in [-0.4, -0.2) is 26.2 Å². The minimum atomic E-state index is -3.53. The van der Waals surface area contributed by atoms with Gasteiger partial charge < -0.3 is 5.11 Å². The molecule has 0 bridgehead atoms. The zero-order chi connectivity index (χ0) is 14.6. The third-order valence-corrected chi connectivity index (χ3v) is 5.46. The zero-order valence-corrected chi connectivity index (χ0v) is 12.7. The summed E-state index contributed by atoms with van der Waals surface area (Å²) in [4.78, 5) is 0.274. The SMILES string of the molecule is CCc1cccc(S(=O)(=O)NCC(O)C2CCCC2)c1. The molecule has 0 amide bonds. The maximum atomic E-state index is 12.2. The van der Waals surface area contributed by atoms with Crippen LogP contribution in [0, 0.1) is 5.92 Å². The number of benzene rings is 1. The highest BCUT2D eigenvalue weighted by molar-refractivity contribution is 7.89. The van der Waals surface area contributed by atoms with Crippen LogP contribution in [0.3, 0.4) is 0 Å². The van der Waals surface area contributed by atoms with Gasteiger partial charge in [-0.25, -0.2) is 13.1 Å². The van der Waals surface area contributed by atoms with E-state index in [4.69, 9.17) is 0 Å². The Bertz CT molecular complexity index is 536. The third kappa shape index (κ3) is 3.81. The van der Waals surface area contributed by atoms with Gasteiger partial charge in [0.2, 0.25) is 10.0 Å². The van der Waals surface area contributed by atoms with Crippen LogP contribution in [0.15, 0.2) is 29.2 Å².